The zero-order valence-electron chi connectivity index (χ0n) is 7.70. The minimum absolute atomic E-state index is 0.468. The van der Waals surface area contributed by atoms with E-state index in [1.807, 2.05) is 25.9 Å². The minimum atomic E-state index is 0.468. The predicted molar refractivity (Wildman–Crippen MR) is 50.1 cm³/mol. The highest BCUT2D eigenvalue weighted by Crippen LogP contribution is 2.14. The Balaban J connectivity index is 3.12. The second-order valence-corrected chi connectivity index (χ2v) is 2.81. The molecule has 1 heterocycles. The molecule has 1 aromatic heterocycles. The summed E-state index contributed by atoms with van der Waals surface area (Å²) in [5, 5.41) is 0. The molecule has 0 spiro atoms. The molecule has 4 nitrogen and oxygen atoms in total. The van der Waals surface area contributed by atoms with Gasteiger partial charge in [-0.05, 0) is 6.42 Å². The van der Waals surface area contributed by atoms with Crippen LogP contribution >= 0.6 is 0 Å². The molecule has 0 saturated heterocycles. The number of aryl methyl sites for hydroxylation is 1. The molecule has 1 aromatic rings. The van der Waals surface area contributed by atoms with Crippen molar-refractivity contribution in [3.05, 3.63) is 11.9 Å². The molecule has 1 rings (SSSR count). The van der Waals surface area contributed by atoms with E-state index in [0.717, 1.165) is 17.9 Å². The van der Waals surface area contributed by atoms with Gasteiger partial charge in [0.1, 0.15) is 5.82 Å². The summed E-state index contributed by atoms with van der Waals surface area (Å²) in [6.45, 7) is 2.05. The fraction of sp³-hybridized carbons (Fsp3) is 0.500. The van der Waals surface area contributed by atoms with Crippen LogP contribution in [0.1, 0.15) is 12.6 Å². The SMILES string of the molecule is CCc1ncc(N)nc1N(C)C. The lowest BCUT2D eigenvalue weighted by Crippen LogP contribution is -2.15. The van der Waals surface area contributed by atoms with Gasteiger partial charge >= 0.3 is 0 Å². The molecule has 0 aliphatic heterocycles. The van der Waals surface area contributed by atoms with E-state index in [0.29, 0.717) is 5.82 Å². The van der Waals surface area contributed by atoms with Crippen LogP contribution in [0.3, 0.4) is 0 Å². The van der Waals surface area contributed by atoms with Crippen molar-refractivity contribution in [2.75, 3.05) is 24.7 Å². The van der Waals surface area contributed by atoms with Gasteiger partial charge in [0, 0.05) is 14.1 Å². The average Bonchev–Trinajstić information content (AvgIpc) is 2.04. The Hall–Kier alpha value is -1.32. The fourth-order valence-electron chi connectivity index (χ4n) is 1.02. The Morgan fingerprint density at radius 1 is 1.50 bits per heavy atom. The highest BCUT2D eigenvalue weighted by Gasteiger charge is 2.05. The summed E-state index contributed by atoms with van der Waals surface area (Å²) in [6.07, 6.45) is 2.46. The Morgan fingerprint density at radius 2 is 2.17 bits per heavy atom. The van der Waals surface area contributed by atoms with Crippen LogP contribution in [0.5, 0.6) is 0 Å². The van der Waals surface area contributed by atoms with E-state index in [4.69, 9.17) is 5.73 Å². The van der Waals surface area contributed by atoms with Crippen molar-refractivity contribution >= 4 is 11.6 Å². The van der Waals surface area contributed by atoms with Crippen LogP contribution in [-0.4, -0.2) is 24.1 Å². The predicted octanol–water partition coefficient (Wildman–Crippen LogP) is 0.687. The van der Waals surface area contributed by atoms with Crippen LogP contribution in [0.4, 0.5) is 11.6 Å². The van der Waals surface area contributed by atoms with Crippen molar-refractivity contribution in [1.29, 1.82) is 0 Å². The van der Waals surface area contributed by atoms with Crippen LogP contribution in [0.2, 0.25) is 0 Å². The first-order valence-electron chi connectivity index (χ1n) is 3.94. The number of rotatable bonds is 2. The van der Waals surface area contributed by atoms with Gasteiger partial charge in [0.05, 0.1) is 11.9 Å². The van der Waals surface area contributed by atoms with Crippen LogP contribution in [0.25, 0.3) is 0 Å². The molecule has 0 aliphatic rings. The summed E-state index contributed by atoms with van der Waals surface area (Å²) in [5.74, 6) is 1.33. The second-order valence-electron chi connectivity index (χ2n) is 2.81. The van der Waals surface area contributed by atoms with Crippen LogP contribution < -0.4 is 10.6 Å². The standard InChI is InChI=1S/C8H14N4/c1-4-6-8(12(2)3)11-7(9)5-10-6/h5H,4H2,1-3H3,(H2,9,11). The first kappa shape index (κ1) is 8.77. The van der Waals surface area contributed by atoms with Gasteiger partial charge < -0.3 is 10.6 Å². The maximum Gasteiger partial charge on any atom is 0.152 e. The lowest BCUT2D eigenvalue weighted by molar-refractivity contribution is 0.952. The third-order valence-electron chi connectivity index (χ3n) is 1.60. The summed E-state index contributed by atoms with van der Waals surface area (Å²) < 4.78 is 0. The van der Waals surface area contributed by atoms with Gasteiger partial charge in [-0.15, -0.1) is 0 Å². The molecule has 0 aromatic carbocycles. The topological polar surface area (TPSA) is 55.0 Å². The first-order chi connectivity index (χ1) is 5.65. The smallest absolute Gasteiger partial charge is 0.152 e. The summed E-state index contributed by atoms with van der Waals surface area (Å²) in [4.78, 5) is 10.3. The molecule has 0 saturated carbocycles. The Bertz CT molecular complexity index is 270. The molecule has 0 unspecified atom stereocenters. The van der Waals surface area contributed by atoms with Crippen molar-refractivity contribution in [3.63, 3.8) is 0 Å². The zero-order chi connectivity index (χ0) is 9.14. The van der Waals surface area contributed by atoms with E-state index in [1.165, 1.54) is 0 Å². The van der Waals surface area contributed by atoms with E-state index < -0.39 is 0 Å². The molecular weight excluding hydrogens is 152 g/mol. The number of anilines is 2. The zero-order valence-corrected chi connectivity index (χ0v) is 7.70. The highest BCUT2D eigenvalue weighted by atomic mass is 15.2. The molecule has 0 atom stereocenters. The number of nitrogen functional groups attached to an aromatic ring is 1. The molecule has 2 N–H and O–H groups in total. The van der Waals surface area contributed by atoms with Crippen LogP contribution in [-0.2, 0) is 6.42 Å². The van der Waals surface area contributed by atoms with Crippen molar-refractivity contribution in [3.8, 4) is 0 Å². The van der Waals surface area contributed by atoms with Crippen molar-refractivity contribution in [2.45, 2.75) is 13.3 Å². The summed E-state index contributed by atoms with van der Waals surface area (Å²) in [7, 11) is 3.87. The lowest BCUT2D eigenvalue weighted by atomic mass is 10.3. The third kappa shape index (κ3) is 1.64. The van der Waals surface area contributed by atoms with Crippen molar-refractivity contribution < 1.29 is 0 Å². The van der Waals surface area contributed by atoms with E-state index in [9.17, 15) is 0 Å². The largest absolute Gasteiger partial charge is 0.382 e. The fourth-order valence-corrected chi connectivity index (χ4v) is 1.02. The molecular formula is C8H14N4. The van der Waals surface area contributed by atoms with Gasteiger partial charge in [-0.1, -0.05) is 6.92 Å². The first-order valence-corrected chi connectivity index (χ1v) is 3.94. The molecule has 0 bridgehead atoms. The summed E-state index contributed by atoms with van der Waals surface area (Å²) >= 11 is 0. The molecule has 4 heteroatoms. The monoisotopic (exact) mass is 166 g/mol. The van der Waals surface area contributed by atoms with E-state index in [-0.39, 0.29) is 0 Å². The van der Waals surface area contributed by atoms with Gasteiger partial charge in [-0.2, -0.15) is 0 Å². The second kappa shape index (κ2) is 3.38. The van der Waals surface area contributed by atoms with E-state index in [1.54, 1.807) is 6.20 Å². The number of nitrogens with zero attached hydrogens (tertiary/aromatic N) is 3. The maximum atomic E-state index is 5.52. The quantitative estimate of drug-likeness (QED) is 0.702. The average molecular weight is 166 g/mol. The normalized spacial score (nSPS) is 9.92. The maximum absolute atomic E-state index is 5.52. The van der Waals surface area contributed by atoms with E-state index >= 15 is 0 Å². The lowest BCUT2D eigenvalue weighted by Gasteiger charge is -2.14. The number of hydrogen-bond acceptors (Lipinski definition) is 4. The molecule has 0 aliphatic carbocycles. The third-order valence-corrected chi connectivity index (χ3v) is 1.60. The van der Waals surface area contributed by atoms with Crippen LogP contribution in [0.15, 0.2) is 6.20 Å². The molecule has 0 amide bonds. The minimum Gasteiger partial charge on any atom is -0.382 e. The number of aromatic nitrogens is 2. The summed E-state index contributed by atoms with van der Waals surface area (Å²) in [6, 6.07) is 0. The summed E-state index contributed by atoms with van der Waals surface area (Å²) in [5.41, 5.74) is 6.50. The van der Waals surface area contributed by atoms with Gasteiger partial charge in [0.15, 0.2) is 5.82 Å². The van der Waals surface area contributed by atoms with Crippen molar-refractivity contribution in [1.82, 2.24) is 9.97 Å². The van der Waals surface area contributed by atoms with Gasteiger partial charge in [0.2, 0.25) is 0 Å². The van der Waals surface area contributed by atoms with Gasteiger partial charge in [-0.25, -0.2) is 4.98 Å². The van der Waals surface area contributed by atoms with E-state index in [2.05, 4.69) is 9.97 Å². The Kier molecular flexibility index (Phi) is 2.47. The Morgan fingerprint density at radius 3 is 2.67 bits per heavy atom. The van der Waals surface area contributed by atoms with Gasteiger partial charge in [0.25, 0.3) is 0 Å². The molecule has 0 fully saturated rings. The number of hydrogen-bond donors (Lipinski definition) is 1. The number of nitrogens with two attached hydrogens (primary N) is 1. The van der Waals surface area contributed by atoms with Crippen LogP contribution in [0, 0.1) is 0 Å². The molecule has 66 valence electrons. The molecule has 0 radical (unpaired) electrons. The Labute approximate surface area is 72.4 Å². The molecule has 12 heavy (non-hydrogen) atoms. The highest BCUT2D eigenvalue weighted by molar-refractivity contribution is 5.46. The van der Waals surface area contributed by atoms with Gasteiger partial charge in [-0.3, -0.25) is 4.98 Å². The van der Waals surface area contributed by atoms with Crippen molar-refractivity contribution in [2.24, 2.45) is 0 Å².